The summed E-state index contributed by atoms with van der Waals surface area (Å²) in [6.45, 7) is 4.31. The quantitative estimate of drug-likeness (QED) is 0.844. The van der Waals surface area contributed by atoms with Crippen LogP contribution >= 0.6 is 11.6 Å². The van der Waals surface area contributed by atoms with Gasteiger partial charge in [-0.1, -0.05) is 37.6 Å². The highest BCUT2D eigenvalue weighted by Crippen LogP contribution is 2.25. The maximum absolute atomic E-state index is 9.12. The van der Waals surface area contributed by atoms with Gasteiger partial charge in [0.1, 0.15) is 6.07 Å². The molecule has 0 fully saturated rings. The molecule has 96 valence electrons. The highest BCUT2D eigenvalue weighted by molar-refractivity contribution is 6.30. The summed E-state index contributed by atoms with van der Waals surface area (Å²) in [6.07, 6.45) is 0. The van der Waals surface area contributed by atoms with Crippen molar-refractivity contribution in [1.82, 2.24) is 0 Å². The molecule has 0 radical (unpaired) electrons. The number of hydrogen-bond donors (Lipinski definition) is 1. The third-order valence-corrected chi connectivity index (χ3v) is 3.17. The van der Waals surface area contributed by atoms with Crippen LogP contribution in [0.2, 0.25) is 5.02 Å². The smallest absolute Gasteiger partial charge is 0.101 e. The Kier molecular flexibility index (Phi) is 4.09. The molecule has 3 heteroatoms. The van der Waals surface area contributed by atoms with Crippen LogP contribution in [0.5, 0.6) is 0 Å². The van der Waals surface area contributed by atoms with Gasteiger partial charge >= 0.3 is 0 Å². The SMILES string of the molecule is CC(C)c1cccc(Nc2ccc(Cl)cc2C#N)c1. The maximum Gasteiger partial charge on any atom is 0.101 e. The zero-order valence-electron chi connectivity index (χ0n) is 10.9. The van der Waals surface area contributed by atoms with Gasteiger partial charge in [-0.15, -0.1) is 0 Å². The fourth-order valence-corrected chi connectivity index (χ4v) is 2.02. The van der Waals surface area contributed by atoms with Gasteiger partial charge in [0.2, 0.25) is 0 Å². The Labute approximate surface area is 118 Å². The number of nitrogens with one attached hydrogen (secondary N) is 1. The Hall–Kier alpha value is -1.98. The highest BCUT2D eigenvalue weighted by atomic mass is 35.5. The molecule has 2 aromatic carbocycles. The molecule has 19 heavy (non-hydrogen) atoms. The van der Waals surface area contributed by atoms with Crippen LogP contribution in [-0.2, 0) is 0 Å². The van der Waals surface area contributed by atoms with Crippen molar-refractivity contribution in [2.75, 3.05) is 5.32 Å². The number of nitrogens with zero attached hydrogens (tertiary/aromatic N) is 1. The Morgan fingerprint density at radius 1 is 1.16 bits per heavy atom. The molecule has 0 saturated carbocycles. The minimum absolute atomic E-state index is 0.474. The van der Waals surface area contributed by atoms with Crippen molar-refractivity contribution in [1.29, 1.82) is 5.26 Å². The van der Waals surface area contributed by atoms with Crippen LogP contribution in [0.4, 0.5) is 11.4 Å². The molecule has 0 spiro atoms. The summed E-state index contributed by atoms with van der Waals surface area (Å²) >= 11 is 5.89. The predicted octanol–water partition coefficient (Wildman–Crippen LogP) is 5.08. The third-order valence-electron chi connectivity index (χ3n) is 2.93. The minimum Gasteiger partial charge on any atom is -0.354 e. The van der Waals surface area contributed by atoms with Crippen LogP contribution in [0.1, 0.15) is 30.9 Å². The number of nitriles is 1. The van der Waals surface area contributed by atoms with E-state index in [0.717, 1.165) is 11.4 Å². The van der Waals surface area contributed by atoms with Crippen LogP contribution in [0.3, 0.4) is 0 Å². The second-order valence-corrected chi connectivity index (χ2v) is 5.14. The van der Waals surface area contributed by atoms with Crippen LogP contribution < -0.4 is 5.32 Å². The normalized spacial score (nSPS) is 10.3. The van der Waals surface area contributed by atoms with Crippen molar-refractivity contribution in [3.63, 3.8) is 0 Å². The molecule has 2 nitrogen and oxygen atoms in total. The van der Waals surface area contributed by atoms with E-state index in [1.54, 1.807) is 12.1 Å². The van der Waals surface area contributed by atoms with Crippen molar-refractivity contribution in [3.05, 3.63) is 58.6 Å². The number of rotatable bonds is 3. The lowest BCUT2D eigenvalue weighted by atomic mass is 10.0. The van der Waals surface area contributed by atoms with Crippen LogP contribution in [0.25, 0.3) is 0 Å². The van der Waals surface area contributed by atoms with E-state index in [1.165, 1.54) is 5.56 Å². The molecular formula is C16H15ClN2. The van der Waals surface area contributed by atoms with Gasteiger partial charge in [0.05, 0.1) is 11.3 Å². The fraction of sp³-hybridized carbons (Fsp3) is 0.188. The Morgan fingerprint density at radius 3 is 2.63 bits per heavy atom. The summed E-state index contributed by atoms with van der Waals surface area (Å²) < 4.78 is 0. The van der Waals surface area contributed by atoms with Crippen molar-refractivity contribution in [2.24, 2.45) is 0 Å². The van der Waals surface area contributed by atoms with Gasteiger partial charge in [-0.05, 0) is 41.8 Å². The molecule has 0 unspecified atom stereocenters. The molecular weight excluding hydrogens is 256 g/mol. The first-order chi connectivity index (χ1) is 9.10. The van der Waals surface area contributed by atoms with E-state index in [-0.39, 0.29) is 0 Å². The first-order valence-electron chi connectivity index (χ1n) is 6.17. The van der Waals surface area contributed by atoms with Gasteiger partial charge in [-0.2, -0.15) is 5.26 Å². The van der Waals surface area contributed by atoms with Crippen molar-refractivity contribution < 1.29 is 0 Å². The van der Waals surface area contributed by atoms with Crippen molar-refractivity contribution >= 4 is 23.0 Å². The number of halogens is 1. The van der Waals surface area contributed by atoms with Crippen LogP contribution in [0, 0.1) is 11.3 Å². The van der Waals surface area contributed by atoms with Crippen LogP contribution in [0.15, 0.2) is 42.5 Å². The second-order valence-electron chi connectivity index (χ2n) is 4.71. The lowest BCUT2D eigenvalue weighted by Gasteiger charge is -2.11. The lowest BCUT2D eigenvalue weighted by Crippen LogP contribution is -1.95. The van der Waals surface area contributed by atoms with Gasteiger partial charge in [0.25, 0.3) is 0 Å². The maximum atomic E-state index is 9.12. The molecule has 0 saturated heterocycles. The van der Waals surface area contributed by atoms with Gasteiger partial charge in [0, 0.05) is 10.7 Å². The van der Waals surface area contributed by atoms with E-state index in [0.29, 0.717) is 16.5 Å². The second kappa shape index (κ2) is 5.77. The van der Waals surface area contributed by atoms with Crippen LogP contribution in [-0.4, -0.2) is 0 Å². The fourth-order valence-electron chi connectivity index (χ4n) is 1.85. The van der Waals surface area contributed by atoms with Gasteiger partial charge in [-0.25, -0.2) is 0 Å². The van der Waals surface area contributed by atoms with E-state index in [4.69, 9.17) is 16.9 Å². The van der Waals surface area contributed by atoms with Crippen molar-refractivity contribution in [3.8, 4) is 6.07 Å². The molecule has 0 heterocycles. The zero-order chi connectivity index (χ0) is 13.8. The number of benzene rings is 2. The average molecular weight is 271 g/mol. The summed E-state index contributed by atoms with van der Waals surface area (Å²) in [7, 11) is 0. The van der Waals surface area contributed by atoms with Gasteiger partial charge in [-0.3, -0.25) is 0 Å². The molecule has 1 N–H and O–H groups in total. The number of hydrogen-bond acceptors (Lipinski definition) is 2. The molecule has 0 bridgehead atoms. The molecule has 0 aliphatic carbocycles. The van der Waals surface area contributed by atoms with E-state index in [2.05, 4.69) is 37.4 Å². The highest BCUT2D eigenvalue weighted by Gasteiger charge is 2.05. The molecule has 0 atom stereocenters. The van der Waals surface area contributed by atoms with E-state index < -0.39 is 0 Å². The van der Waals surface area contributed by atoms with E-state index >= 15 is 0 Å². The monoisotopic (exact) mass is 270 g/mol. The molecule has 2 rings (SSSR count). The first-order valence-corrected chi connectivity index (χ1v) is 6.54. The van der Waals surface area contributed by atoms with Crippen molar-refractivity contribution in [2.45, 2.75) is 19.8 Å². The summed E-state index contributed by atoms with van der Waals surface area (Å²) in [5.41, 5.74) is 3.55. The molecule has 2 aromatic rings. The number of anilines is 2. The molecule has 0 aliphatic rings. The summed E-state index contributed by atoms with van der Waals surface area (Å²) in [4.78, 5) is 0. The summed E-state index contributed by atoms with van der Waals surface area (Å²) in [5, 5.41) is 12.9. The summed E-state index contributed by atoms with van der Waals surface area (Å²) in [5.74, 6) is 0.474. The Bertz CT molecular complexity index is 627. The van der Waals surface area contributed by atoms with Gasteiger partial charge < -0.3 is 5.32 Å². The van der Waals surface area contributed by atoms with Gasteiger partial charge in [0.15, 0.2) is 0 Å². The Balaban J connectivity index is 2.31. The molecule has 0 amide bonds. The third kappa shape index (κ3) is 3.27. The Morgan fingerprint density at radius 2 is 1.95 bits per heavy atom. The molecule has 0 aliphatic heterocycles. The topological polar surface area (TPSA) is 35.8 Å². The van der Waals surface area contributed by atoms with E-state index in [9.17, 15) is 0 Å². The summed E-state index contributed by atoms with van der Waals surface area (Å²) in [6, 6.07) is 15.6. The largest absolute Gasteiger partial charge is 0.354 e. The average Bonchev–Trinajstić information content (AvgIpc) is 2.41. The lowest BCUT2D eigenvalue weighted by molar-refractivity contribution is 0.867. The van der Waals surface area contributed by atoms with E-state index in [1.807, 2.05) is 18.2 Å². The standard InChI is InChI=1S/C16H15ClN2/c1-11(2)12-4-3-5-15(9-12)19-16-7-6-14(17)8-13(16)10-18/h3-9,11,19H,1-2H3. The first kappa shape index (κ1) is 13.5. The molecule has 0 aromatic heterocycles. The minimum atomic E-state index is 0.474. The zero-order valence-corrected chi connectivity index (χ0v) is 11.7. The predicted molar refractivity (Wildman–Crippen MR) is 80.0 cm³/mol.